The van der Waals surface area contributed by atoms with Crippen molar-refractivity contribution in [2.75, 3.05) is 13.1 Å². The third-order valence-electron chi connectivity index (χ3n) is 5.18. The van der Waals surface area contributed by atoms with E-state index in [2.05, 4.69) is 46.2 Å². The van der Waals surface area contributed by atoms with E-state index in [0.717, 1.165) is 48.5 Å². The van der Waals surface area contributed by atoms with E-state index in [9.17, 15) is 4.79 Å². The molecule has 2 N–H and O–H groups in total. The number of thioether (sulfide) groups is 1. The van der Waals surface area contributed by atoms with Crippen molar-refractivity contribution in [3.05, 3.63) is 35.9 Å². The highest BCUT2D eigenvalue weighted by Gasteiger charge is 2.39. The Bertz CT molecular complexity index is 793. The minimum absolute atomic E-state index is 0.0348. The summed E-state index contributed by atoms with van der Waals surface area (Å²) in [6.45, 7) is 5.97. The first-order chi connectivity index (χ1) is 12.6. The summed E-state index contributed by atoms with van der Waals surface area (Å²) in [5.74, 6) is 0.198. The van der Waals surface area contributed by atoms with Crippen LogP contribution in [0, 0.1) is 0 Å². The molecular formula is C20H26N4OS. The summed E-state index contributed by atoms with van der Waals surface area (Å²) in [6, 6.07) is 8.48. The average molecular weight is 371 g/mol. The Hall–Kier alpha value is -1.79. The number of allylic oxidation sites excluding steroid dienone is 1. The molecule has 4 rings (SSSR count). The summed E-state index contributed by atoms with van der Waals surface area (Å²) in [5.41, 5.74) is 3.37. The third-order valence-corrected chi connectivity index (χ3v) is 6.27. The summed E-state index contributed by atoms with van der Waals surface area (Å²) >= 11 is 1.76. The molecular weight excluding hydrogens is 344 g/mol. The van der Waals surface area contributed by atoms with Gasteiger partial charge in [0.1, 0.15) is 0 Å². The first-order valence-electron chi connectivity index (χ1n) is 9.40. The van der Waals surface area contributed by atoms with Gasteiger partial charge in [0.05, 0.1) is 17.1 Å². The van der Waals surface area contributed by atoms with Gasteiger partial charge in [-0.3, -0.25) is 9.69 Å². The summed E-state index contributed by atoms with van der Waals surface area (Å²) in [6.07, 6.45) is 5.26. The van der Waals surface area contributed by atoms with E-state index < -0.39 is 0 Å². The monoisotopic (exact) mass is 370 g/mol. The van der Waals surface area contributed by atoms with Crippen molar-refractivity contribution in [2.45, 2.75) is 55.6 Å². The average Bonchev–Trinajstić information content (AvgIpc) is 3.21. The number of fused-ring (bicyclic) bond motifs is 1. The number of hydrogen-bond acceptors (Lipinski definition) is 4. The Labute approximate surface area is 158 Å². The Morgan fingerprint density at radius 3 is 2.96 bits per heavy atom. The van der Waals surface area contributed by atoms with E-state index in [-0.39, 0.29) is 11.9 Å². The van der Waals surface area contributed by atoms with Crippen LogP contribution in [-0.2, 0) is 4.79 Å². The lowest BCUT2D eigenvalue weighted by Gasteiger charge is -2.23. The van der Waals surface area contributed by atoms with Crippen LogP contribution < -0.4 is 5.32 Å². The van der Waals surface area contributed by atoms with E-state index in [0.29, 0.717) is 11.3 Å². The normalized spacial score (nSPS) is 24.3. The lowest BCUT2D eigenvalue weighted by atomic mass is 10.2. The fraction of sp³-hybridized carbons (Fsp3) is 0.500. The first kappa shape index (κ1) is 17.6. The number of likely N-dealkylation sites (tertiary alicyclic amines) is 1. The number of aromatic amines is 1. The van der Waals surface area contributed by atoms with E-state index >= 15 is 0 Å². The second-order valence-corrected chi connectivity index (χ2v) is 8.69. The van der Waals surface area contributed by atoms with Crippen molar-refractivity contribution in [1.82, 2.24) is 20.2 Å². The topological polar surface area (TPSA) is 61.0 Å². The number of carbonyl (C=O) groups is 1. The maximum atomic E-state index is 12.7. The number of imidazole rings is 1. The van der Waals surface area contributed by atoms with E-state index in [4.69, 9.17) is 0 Å². The molecule has 138 valence electrons. The standard InChI is InChI=1S/C20H26N4OS/c1-3-13(2)11-24-12-15(10-18(24)19(25)21-14-8-9-14)26-20-22-16-6-4-5-7-17(16)23-20/h3-7,14-15,18H,8-12H2,1-2H3,(H,21,25)(H,22,23)/t15-,18+/m1/s1. The molecule has 1 aromatic heterocycles. The molecule has 0 radical (unpaired) electrons. The van der Waals surface area contributed by atoms with Crippen LogP contribution in [-0.4, -0.2) is 51.2 Å². The molecule has 5 nitrogen and oxygen atoms in total. The molecule has 2 heterocycles. The molecule has 0 bridgehead atoms. The molecule has 1 saturated heterocycles. The Morgan fingerprint density at radius 1 is 1.42 bits per heavy atom. The molecule has 2 aromatic rings. The number of hydrogen-bond donors (Lipinski definition) is 2. The number of nitrogens with one attached hydrogen (secondary N) is 2. The summed E-state index contributed by atoms with van der Waals surface area (Å²) in [7, 11) is 0. The SMILES string of the molecule is CC=C(C)CN1C[C@H](Sc2nc3ccccc3[nH]2)C[C@H]1C(=O)NC1CC1. The molecule has 1 aliphatic heterocycles. The number of para-hydroxylation sites is 2. The van der Waals surface area contributed by atoms with Crippen LogP contribution in [0.15, 0.2) is 41.1 Å². The first-order valence-corrected chi connectivity index (χ1v) is 10.3. The van der Waals surface area contributed by atoms with Gasteiger partial charge >= 0.3 is 0 Å². The Morgan fingerprint density at radius 2 is 2.23 bits per heavy atom. The molecule has 2 fully saturated rings. The van der Waals surface area contributed by atoms with Gasteiger partial charge < -0.3 is 10.3 Å². The highest BCUT2D eigenvalue weighted by atomic mass is 32.2. The maximum absolute atomic E-state index is 12.7. The quantitative estimate of drug-likeness (QED) is 0.766. The number of nitrogens with zero attached hydrogens (tertiary/aromatic N) is 2. The zero-order valence-electron chi connectivity index (χ0n) is 15.4. The van der Waals surface area contributed by atoms with Gasteiger partial charge in [-0.2, -0.15) is 0 Å². The summed E-state index contributed by atoms with van der Waals surface area (Å²) in [5, 5.41) is 4.51. The fourth-order valence-electron chi connectivity index (χ4n) is 3.47. The number of amides is 1. The van der Waals surface area contributed by atoms with Crippen molar-refractivity contribution in [1.29, 1.82) is 0 Å². The molecule has 2 aliphatic rings. The predicted octanol–water partition coefficient (Wildman–Crippen LogP) is 3.34. The molecule has 0 unspecified atom stereocenters. The second-order valence-electron chi connectivity index (χ2n) is 7.40. The van der Waals surface area contributed by atoms with E-state index in [1.165, 1.54) is 5.57 Å². The highest BCUT2D eigenvalue weighted by molar-refractivity contribution is 7.99. The van der Waals surface area contributed by atoms with Crippen molar-refractivity contribution in [3.63, 3.8) is 0 Å². The van der Waals surface area contributed by atoms with Crippen molar-refractivity contribution >= 4 is 28.7 Å². The van der Waals surface area contributed by atoms with Gasteiger partial charge in [-0.25, -0.2) is 4.98 Å². The Balaban J connectivity index is 1.46. The zero-order valence-corrected chi connectivity index (χ0v) is 16.2. The van der Waals surface area contributed by atoms with Crippen LogP contribution in [0.3, 0.4) is 0 Å². The predicted molar refractivity (Wildman–Crippen MR) is 106 cm³/mol. The van der Waals surface area contributed by atoms with Crippen LogP contribution in [0.25, 0.3) is 11.0 Å². The third kappa shape index (κ3) is 3.96. The number of aromatic nitrogens is 2. The van der Waals surface area contributed by atoms with Crippen LogP contribution in [0.2, 0.25) is 0 Å². The maximum Gasteiger partial charge on any atom is 0.237 e. The molecule has 6 heteroatoms. The number of H-pyrrole nitrogens is 1. The van der Waals surface area contributed by atoms with Gasteiger partial charge in [-0.1, -0.05) is 35.5 Å². The fourth-order valence-corrected chi connectivity index (χ4v) is 4.65. The smallest absolute Gasteiger partial charge is 0.237 e. The lowest BCUT2D eigenvalue weighted by Crippen LogP contribution is -2.44. The molecule has 1 aliphatic carbocycles. The van der Waals surface area contributed by atoms with Gasteiger partial charge in [-0.15, -0.1) is 0 Å². The van der Waals surface area contributed by atoms with Gasteiger partial charge in [0, 0.05) is 24.4 Å². The molecule has 1 aromatic carbocycles. The lowest BCUT2D eigenvalue weighted by molar-refractivity contribution is -0.125. The van der Waals surface area contributed by atoms with Crippen LogP contribution in [0.1, 0.15) is 33.1 Å². The van der Waals surface area contributed by atoms with Crippen molar-refractivity contribution < 1.29 is 4.79 Å². The largest absolute Gasteiger partial charge is 0.352 e. The molecule has 1 amide bonds. The molecule has 1 saturated carbocycles. The molecule has 2 atom stereocenters. The van der Waals surface area contributed by atoms with Crippen LogP contribution >= 0.6 is 11.8 Å². The minimum atomic E-state index is -0.0348. The summed E-state index contributed by atoms with van der Waals surface area (Å²) in [4.78, 5) is 23.1. The van der Waals surface area contributed by atoms with E-state index in [1.807, 2.05) is 18.2 Å². The van der Waals surface area contributed by atoms with Gasteiger partial charge in [0.15, 0.2) is 5.16 Å². The van der Waals surface area contributed by atoms with Crippen molar-refractivity contribution in [3.8, 4) is 0 Å². The second kappa shape index (κ2) is 7.45. The zero-order chi connectivity index (χ0) is 18.1. The van der Waals surface area contributed by atoms with Crippen LogP contribution in [0.4, 0.5) is 0 Å². The van der Waals surface area contributed by atoms with Crippen LogP contribution in [0.5, 0.6) is 0 Å². The Kier molecular flexibility index (Phi) is 5.05. The number of rotatable bonds is 6. The van der Waals surface area contributed by atoms with Crippen molar-refractivity contribution in [2.24, 2.45) is 0 Å². The summed E-state index contributed by atoms with van der Waals surface area (Å²) < 4.78 is 0. The van der Waals surface area contributed by atoms with Gasteiger partial charge in [0.2, 0.25) is 5.91 Å². The molecule has 0 spiro atoms. The van der Waals surface area contributed by atoms with E-state index in [1.54, 1.807) is 11.8 Å². The highest BCUT2D eigenvalue weighted by Crippen LogP contribution is 2.33. The van der Waals surface area contributed by atoms with Gasteiger partial charge in [0.25, 0.3) is 0 Å². The number of carbonyl (C=O) groups excluding carboxylic acids is 1. The minimum Gasteiger partial charge on any atom is -0.352 e. The number of benzene rings is 1. The molecule has 26 heavy (non-hydrogen) atoms. The van der Waals surface area contributed by atoms with Gasteiger partial charge in [-0.05, 0) is 45.2 Å².